The van der Waals surface area contributed by atoms with Gasteiger partial charge in [-0.3, -0.25) is 9.51 Å². The van der Waals surface area contributed by atoms with Gasteiger partial charge in [-0.2, -0.15) is 0 Å². The van der Waals surface area contributed by atoms with Crippen molar-refractivity contribution in [1.29, 1.82) is 0 Å². The van der Waals surface area contributed by atoms with E-state index in [1.54, 1.807) is 0 Å². The van der Waals surface area contributed by atoms with Gasteiger partial charge in [0.15, 0.2) is 5.82 Å². The summed E-state index contributed by atoms with van der Waals surface area (Å²) in [6.45, 7) is 6.53. The zero-order valence-corrected chi connectivity index (χ0v) is 10.9. The van der Waals surface area contributed by atoms with Gasteiger partial charge in [-0.15, -0.1) is 0 Å². The number of aromatic nitrogens is 2. The number of nitrogens with zero attached hydrogens (tertiary/aromatic N) is 1. The van der Waals surface area contributed by atoms with Gasteiger partial charge in [-0.25, -0.2) is 4.79 Å². The molecule has 0 amide bonds. The van der Waals surface area contributed by atoms with E-state index in [9.17, 15) is 4.79 Å². The van der Waals surface area contributed by atoms with Crippen LogP contribution in [0.5, 0.6) is 5.75 Å². The summed E-state index contributed by atoms with van der Waals surface area (Å²) in [7, 11) is 0. The quantitative estimate of drug-likeness (QED) is 0.908. The van der Waals surface area contributed by atoms with Crippen LogP contribution in [0.25, 0.3) is 0 Å². The predicted octanol–water partition coefficient (Wildman–Crippen LogP) is 2.62. The number of ether oxygens (including phenoxy) is 1. The molecule has 1 aromatic heterocycles. The second-order valence-corrected chi connectivity index (χ2v) is 3.26. The highest BCUT2D eigenvalue weighted by Crippen LogP contribution is 2.19. The number of para-hydroxylation sites is 1. The summed E-state index contributed by atoms with van der Waals surface area (Å²) in [5.41, 5.74) is 0.967. The van der Waals surface area contributed by atoms with E-state index >= 15 is 0 Å². The van der Waals surface area contributed by atoms with Crippen LogP contribution in [0.3, 0.4) is 0 Å². The third-order valence-electron chi connectivity index (χ3n) is 2.12. The summed E-state index contributed by atoms with van der Waals surface area (Å²) in [5.74, 6) is 0.759. The number of aromatic amines is 1. The first-order valence-corrected chi connectivity index (χ1v) is 6.05. The molecule has 5 nitrogen and oxygen atoms in total. The molecule has 0 radical (unpaired) electrons. The summed E-state index contributed by atoms with van der Waals surface area (Å²) < 4.78 is 9.90. The van der Waals surface area contributed by atoms with Gasteiger partial charge in [-0.05, 0) is 13.0 Å². The Kier molecular flexibility index (Phi) is 5.70. The molecule has 1 heterocycles. The normalized spacial score (nSPS) is 9.50. The first-order chi connectivity index (χ1) is 8.79. The van der Waals surface area contributed by atoms with Crippen molar-refractivity contribution in [2.75, 3.05) is 6.61 Å². The molecule has 0 aliphatic heterocycles. The van der Waals surface area contributed by atoms with Crippen molar-refractivity contribution in [3.63, 3.8) is 0 Å². The molecule has 5 heteroatoms. The Hall–Kier alpha value is -2.04. The van der Waals surface area contributed by atoms with Gasteiger partial charge in [-0.1, -0.05) is 37.2 Å². The Bertz CT molecular complexity index is 522. The SMILES string of the molecule is CC.CCOc1ccccc1Cc1noc(=O)[nH]1.[HH]. The van der Waals surface area contributed by atoms with Crippen molar-refractivity contribution >= 4 is 0 Å². The van der Waals surface area contributed by atoms with Crippen LogP contribution in [0, 0.1) is 0 Å². The molecule has 18 heavy (non-hydrogen) atoms. The van der Waals surface area contributed by atoms with Crippen LogP contribution < -0.4 is 10.5 Å². The number of benzene rings is 1. The Balaban J connectivity index is 0.00000103. The zero-order valence-electron chi connectivity index (χ0n) is 10.9. The average molecular weight is 252 g/mol. The van der Waals surface area contributed by atoms with E-state index < -0.39 is 5.76 Å². The molecule has 0 aliphatic carbocycles. The molecule has 0 atom stereocenters. The van der Waals surface area contributed by atoms with Crippen molar-refractivity contribution in [3.05, 3.63) is 46.2 Å². The molecule has 0 saturated carbocycles. The highest BCUT2D eigenvalue weighted by molar-refractivity contribution is 5.35. The molecule has 2 aromatic rings. The van der Waals surface area contributed by atoms with Gasteiger partial charge in [0.2, 0.25) is 0 Å². The Labute approximate surface area is 107 Å². The highest BCUT2D eigenvalue weighted by atomic mass is 16.5. The number of hydrogen-bond donors (Lipinski definition) is 1. The fraction of sp³-hybridized carbons (Fsp3) is 0.385. The standard InChI is InChI=1S/C11H12N2O3.C2H6.H2/c1-2-15-9-6-4-3-5-8(9)7-10-12-11(14)16-13-10;1-2;/h3-6H,2,7H2,1H3,(H,12,13,14);1-2H3;1H. The van der Waals surface area contributed by atoms with Gasteiger partial charge >= 0.3 is 5.76 Å². The number of rotatable bonds is 4. The lowest BCUT2D eigenvalue weighted by Gasteiger charge is -2.07. The van der Waals surface area contributed by atoms with Gasteiger partial charge < -0.3 is 4.74 Å². The minimum atomic E-state index is -0.538. The molecule has 0 saturated heterocycles. The van der Waals surface area contributed by atoms with E-state index in [-0.39, 0.29) is 1.43 Å². The average Bonchev–Trinajstić information content (AvgIpc) is 2.80. The fourth-order valence-electron chi connectivity index (χ4n) is 1.46. The van der Waals surface area contributed by atoms with Crippen molar-refractivity contribution in [3.8, 4) is 5.75 Å². The highest BCUT2D eigenvalue weighted by Gasteiger charge is 2.07. The molecular formula is C13H20N2O3. The lowest BCUT2D eigenvalue weighted by molar-refractivity contribution is 0.336. The molecule has 100 valence electrons. The summed E-state index contributed by atoms with van der Waals surface area (Å²) >= 11 is 0. The van der Waals surface area contributed by atoms with Crippen LogP contribution in [0.1, 0.15) is 33.6 Å². The third kappa shape index (κ3) is 3.76. The minimum Gasteiger partial charge on any atom is -0.494 e. The van der Waals surface area contributed by atoms with Crippen molar-refractivity contribution in [2.45, 2.75) is 27.2 Å². The van der Waals surface area contributed by atoms with E-state index in [1.165, 1.54) is 0 Å². The molecule has 0 fully saturated rings. The topological polar surface area (TPSA) is 68.1 Å². The predicted molar refractivity (Wildman–Crippen MR) is 71.0 cm³/mol. The molecule has 0 aliphatic rings. The van der Waals surface area contributed by atoms with Crippen molar-refractivity contribution < 1.29 is 10.7 Å². The minimum absolute atomic E-state index is 0. The second kappa shape index (κ2) is 7.32. The Morgan fingerprint density at radius 3 is 2.72 bits per heavy atom. The number of hydrogen-bond acceptors (Lipinski definition) is 4. The van der Waals surface area contributed by atoms with Crippen LogP contribution in [-0.2, 0) is 6.42 Å². The zero-order chi connectivity index (χ0) is 13.4. The van der Waals surface area contributed by atoms with E-state index in [4.69, 9.17) is 4.74 Å². The van der Waals surface area contributed by atoms with Gasteiger partial charge in [0.25, 0.3) is 0 Å². The van der Waals surface area contributed by atoms with E-state index in [0.717, 1.165) is 11.3 Å². The number of H-pyrrole nitrogens is 1. The lowest BCUT2D eigenvalue weighted by atomic mass is 10.1. The van der Waals surface area contributed by atoms with Crippen LogP contribution in [0.4, 0.5) is 0 Å². The maximum atomic E-state index is 10.8. The molecule has 1 aromatic carbocycles. The molecule has 0 spiro atoms. The van der Waals surface area contributed by atoms with Crippen LogP contribution >= 0.6 is 0 Å². The van der Waals surface area contributed by atoms with Gasteiger partial charge in [0.05, 0.1) is 6.61 Å². The lowest BCUT2D eigenvalue weighted by Crippen LogP contribution is -2.00. The second-order valence-electron chi connectivity index (χ2n) is 3.26. The van der Waals surface area contributed by atoms with Gasteiger partial charge in [0, 0.05) is 13.4 Å². The number of nitrogens with one attached hydrogen (secondary N) is 1. The maximum Gasteiger partial charge on any atom is 0.438 e. The molecule has 2 rings (SSSR count). The first-order valence-electron chi connectivity index (χ1n) is 6.05. The Morgan fingerprint density at radius 1 is 1.39 bits per heavy atom. The smallest absolute Gasteiger partial charge is 0.438 e. The Morgan fingerprint density at radius 2 is 2.11 bits per heavy atom. The van der Waals surface area contributed by atoms with Crippen LogP contribution in [0.2, 0.25) is 0 Å². The summed E-state index contributed by atoms with van der Waals surface area (Å²) in [6.07, 6.45) is 0.488. The first kappa shape index (κ1) is 14.0. The third-order valence-corrected chi connectivity index (χ3v) is 2.12. The summed E-state index contributed by atoms with van der Waals surface area (Å²) in [6, 6.07) is 7.63. The van der Waals surface area contributed by atoms with Crippen LogP contribution in [0.15, 0.2) is 33.6 Å². The van der Waals surface area contributed by atoms with Gasteiger partial charge in [0.1, 0.15) is 5.75 Å². The summed E-state index contributed by atoms with van der Waals surface area (Å²) in [5, 5.41) is 3.61. The maximum absolute atomic E-state index is 10.8. The largest absolute Gasteiger partial charge is 0.494 e. The molecular weight excluding hydrogens is 232 g/mol. The summed E-state index contributed by atoms with van der Waals surface area (Å²) in [4.78, 5) is 13.3. The van der Waals surface area contributed by atoms with E-state index in [1.807, 2.05) is 45.0 Å². The van der Waals surface area contributed by atoms with E-state index in [0.29, 0.717) is 18.9 Å². The van der Waals surface area contributed by atoms with Crippen molar-refractivity contribution in [1.82, 2.24) is 10.1 Å². The van der Waals surface area contributed by atoms with E-state index in [2.05, 4.69) is 14.7 Å². The monoisotopic (exact) mass is 252 g/mol. The fourth-order valence-corrected chi connectivity index (χ4v) is 1.46. The van der Waals surface area contributed by atoms with Crippen molar-refractivity contribution in [2.24, 2.45) is 0 Å². The molecule has 0 bridgehead atoms. The van der Waals surface area contributed by atoms with Crippen LogP contribution in [-0.4, -0.2) is 16.7 Å². The molecule has 0 unspecified atom stereocenters. The molecule has 1 N–H and O–H groups in total.